The molecule has 0 bridgehead atoms. The lowest BCUT2D eigenvalue weighted by Crippen LogP contribution is -2.25. The number of hydrogen-bond donors (Lipinski definition) is 2. The van der Waals surface area contributed by atoms with Crippen molar-refractivity contribution >= 4 is 17.6 Å². The molecular formula is C15H22N2O3. The summed E-state index contributed by atoms with van der Waals surface area (Å²) in [4.78, 5) is 22.7. The second kappa shape index (κ2) is 8.96. The van der Waals surface area contributed by atoms with Crippen LogP contribution < -0.4 is 11.1 Å². The number of rotatable bonds is 8. The largest absolute Gasteiger partial charge is 0.469 e. The Morgan fingerprint density at radius 2 is 1.85 bits per heavy atom. The Hall–Kier alpha value is -2.04. The maximum atomic E-state index is 11.8. The van der Waals surface area contributed by atoms with Crippen molar-refractivity contribution in [2.24, 2.45) is 0 Å². The molecule has 0 saturated carbocycles. The van der Waals surface area contributed by atoms with E-state index in [-0.39, 0.29) is 11.9 Å². The predicted octanol–water partition coefficient (Wildman–Crippen LogP) is 2.12. The van der Waals surface area contributed by atoms with E-state index in [9.17, 15) is 9.59 Å². The molecule has 0 saturated heterocycles. The Kier molecular flexibility index (Phi) is 7.17. The summed E-state index contributed by atoms with van der Waals surface area (Å²) in [5.41, 5.74) is 6.73. The second-order valence-electron chi connectivity index (χ2n) is 4.58. The van der Waals surface area contributed by atoms with Crippen LogP contribution in [0.3, 0.4) is 0 Å². The molecule has 5 heteroatoms. The molecule has 110 valence electrons. The number of esters is 1. The number of benzene rings is 1. The number of ether oxygens (including phenoxy) is 1. The number of nitrogens with two attached hydrogens (primary N) is 1. The third kappa shape index (κ3) is 5.73. The van der Waals surface area contributed by atoms with Crippen molar-refractivity contribution in [3.63, 3.8) is 0 Å². The third-order valence-corrected chi connectivity index (χ3v) is 3.03. The van der Waals surface area contributed by atoms with E-state index >= 15 is 0 Å². The summed E-state index contributed by atoms with van der Waals surface area (Å²) in [5.74, 6) is -0.310. The predicted molar refractivity (Wildman–Crippen MR) is 78.3 cm³/mol. The van der Waals surface area contributed by atoms with Crippen LogP contribution in [-0.2, 0) is 9.53 Å². The lowest BCUT2D eigenvalue weighted by Gasteiger charge is -2.07. The molecule has 0 aliphatic carbocycles. The number of nitrogens with one attached hydrogen (secondary N) is 1. The molecular weight excluding hydrogens is 256 g/mol. The third-order valence-electron chi connectivity index (χ3n) is 3.03. The molecule has 5 nitrogen and oxygen atoms in total. The van der Waals surface area contributed by atoms with E-state index in [1.807, 2.05) is 0 Å². The number of anilines is 1. The van der Waals surface area contributed by atoms with E-state index < -0.39 is 0 Å². The topological polar surface area (TPSA) is 81.4 Å². The van der Waals surface area contributed by atoms with Gasteiger partial charge in [-0.3, -0.25) is 9.59 Å². The number of carbonyl (C=O) groups is 2. The Bertz CT molecular complexity index is 446. The Morgan fingerprint density at radius 3 is 2.55 bits per heavy atom. The van der Waals surface area contributed by atoms with Gasteiger partial charge in [0.1, 0.15) is 0 Å². The van der Waals surface area contributed by atoms with Crippen molar-refractivity contribution in [2.45, 2.75) is 32.1 Å². The van der Waals surface area contributed by atoms with E-state index in [2.05, 4.69) is 10.1 Å². The molecule has 1 rings (SSSR count). The van der Waals surface area contributed by atoms with Crippen LogP contribution >= 0.6 is 0 Å². The fraction of sp³-hybridized carbons (Fsp3) is 0.467. The van der Waals surface area contributed by atoms with E-state index in [0.717, 1.165) is 25.7 Å². The van der Waals surface area contributed by atoms with Crippen LogP contribution in [0, 0.1) is 0 Å². The summed E-state index contributed by atoms with van der Waals surface area (Å²) in [7, 11) is 1.40. The average molecular weight is 278 g/mol. The number of hydrogen-bond acceptors (Lipinski definition) is 4. The van der Waals surface area contributed by atoms with Crippen LogP contribution in [0.15, 0.2) is 24.3 Å². The number of para-hydroxylation sites is 1. The Labute approximate surface area is 119 Å². The summed E-state index contributed by atoms with van der Waals surface area (Å²) in [6, 6.07) is 7.01. The number of carbonyl (C=O) groups excluding carboxylic acids is 2. The summed E-state index contributed by atoms with van der Waals surface area (Å²) in [6.07, 6.45) is 4.11. The molecule has 1 amide bonds. The first-order valence-electron chi connectivity index (χ1n) is 6.84. The highest BCUT2D eigenvalue weighted by atomic mass is 16.5. The van der Waals surface area contributed by atoms with Crippen LogP contribution in [-0.4, -0.2) is 25.5 Å². The molecule has 0 aliphatic rings. The van der Waals surface area contributed by atoms with Gasteiger partial charge in [-0.05, 0) is 25.0 Å². The van der Waals surface area contributed by atoms with Crippen molar-refractivity contribution in [2.75, 3.05) is 19.4 Å². The van der Waals surface area contributed by atoms with E-state index in [1.165, 1.54) is 7.11 Å². The molecule has 1 aromatic carbocycles. The number of methoxy groups -OCH3 is 1. The molecule has 0 aromatic heterocycles. The fourth-order valence-corrected chi connectivity index (χ4v) is 1.85. The molecule has 0 spiro atoms. The van der Waals surface area contributed by atoms with Gasteiger partial charge in [0, 0.05) is 18.7 Å². The number of nitrogen functional groups attached to an aromatic ring is 1. The zero-order valence-electron chi connectivity index (χ0n) is 11.9. The van der Waals surface area contributed by atoms with Gasteiger partial charge in [0.15, 0.2) is 0 Å². The van der Waals surface area contributed by atoms with Crippen molar-refractivity contribution in [1.82, 2.24) is 5.32 Å². The average Bonchev–Trinajstić information content (AvgIpc) is 2.46. The first-order valence-corrected chi connectivity index (χ1v) is 6.84. The molecule has 20 heavy (non-hydrogen) atoms. The van der Waals surface area contributed by atoms with Crippen molar-refractivity contribution in [1.29, 1.82) is 0 Å². The molecule has 0 radical (unpaired) electrons. The normalized spacial score (nSPS) is 10.1. The highest BCUT2D eigenvalue weighted by molar-refractivity contribution is 5.98. The van der Waals surface area contributed by atoms with Gasteiger partial charge in [0.25, 0.3) is 5.91 Å². The molecule has 1 aromatic rings. The number of unbranched alkanes of at least 4 members (excludes halogenated alkanes) is 3. The molecule has 0 fully saturated rings. The Morgan fingerprint density at radius 1 is 1.15 bits per heavy atom. The van der Waals surface area contributed by atoms with Gasteiger partial charge in [-0.15, -0.1) is 0 Å². The van der Waals surface area contributed by atoms with Crippen LogP contribution in [0.2, 0.25) is 0 Å². The lowest BCUT2D eigenvalue weighted by atomic mass is 10.1. The van der Waals surface area contributed by atoms with Crippen LogP contribution in [0.1, 0.15) is 42.5 Å². The minimum atomic E-state index is -0.169. The minimum Gasteiger partial charge on any atom is -0.469 e. The van der Waals surface area contributed by atoms with Gasteiger partial charge in [-0.1, -0.05) is 25.0 Å². The maximum Gasteiger partial charge on any atom is 0.305 e. The summed E-state index contributed by atoms with van der Waals surface area (Å²) in [5, 5.41) is 2.84. The first kappa shape index (κ1) is 16.0. The van der Waals surface area contributed by atoms with Gasteiger partial charge in [-0.25, -0.2) is 0 Å². The van der Waals surface area contributed by atoms with Gasteiger partial charge in [0.05, 0.1) is 12.7 Å². The molecule has 0 heterocycles. The summed E-state index contributed by atoms with van der Waals surface area (Å²) < 4.78 is 4.56. The highest BCUT2D eigenvalue weighted by Gasteiger charge is 2.07. The zero-order valence-corrected chi connectivity index (χ0v) is 11.9. The Balaban J connectivity index is 2.11. The van der Waals surface area contributed by atoms with E-state index in [0.29, 0.717) is 24.2 Å². The van der Waals surface area contributed by atoms with Gasteiger partial charge < -0.3 is 15.8 Å². The molecule has 0 unspecified atom stereocenters. The lowest BCUT2D eigenvalue weighted by molar-refractivity contribution is -0.140. The van der Waals surface area contributed by atoms with Crippen molar-refractivity contribution in [3.05, 3.63) is 29.8 Å². The van der Waals surface area contributed by atoms with E-state index in [4.69, 9.17) is 5.73 Å². The first-order chi connectivity index (χ1) is 9.65. The summed E-state index contributed by atoms with van der Waals surface area (Å²) >= 11 is 0. The van der Waals surface area contributed by atoms with Crippen LogP contribution in [0.4, 0.5) is 5.69 Å². The maximum absolute atomic E-state index is 11.8. The van der Waals surface area contributed by atoms with Gasteiger partial charge in [-0.2, -0.15) is 0 Å². The second-order valence-corrected chi connectivity index (χ2v) is 4.58. The minimum absolute atomic E-state index is 0.141. The smallest absolute Gasteiger partial charge is 0.305 e. The SMILES string of the molecule is COC(=O)CCCCCCNC(=O)c1ccccc1N. The van der Waals surface area contributed by atoms with E-state index in [1.54, 1.807) is 24.3 Å². The monoisotopic (exact) mass is 278 g/mol. The van der Waals surface area contributed by atoms with Crippen molar-refractivity contribution < 1.29 is 14.3 Å². The van der Waals surface area contributed by atoms with Crippen LogP contribution in [0.25, 0.3) is 0 Å². The quantitative estimate of drug-likeness (QED) is 0.433. The van der Waals surface area contributed by atoms with Gasteiger partial charge >= 0.3 is 5.97 Å². The highest BCUT2D eigenvalue weighted by Crippen LogP contribution is 2.10. The zero-order chi connectivity index (χ0) is 14.8. The van der Waals surface area contributed by atoms with Crippen molar-refractivity contribution in [3.8, 4) is 0 Å². The standard InChI is InChI=1S/C15H22N2O3/c1-20-14(18)10-4-2-3-7-11-17-15(19)12-8-5-6-9-13(12)16/h5-6,8-9H,2-4,7,10-11,16H2,1H3,(H,17,19). The molecule has 0 atom stereocenters. The fourth-order valence-electron chi connectivity index (χ4n) is 1.85. The van der Waals surface area contributed by atoms with Crippen LogP contribution in [0.5, 0.6) is 0 Å². The summed E-state index contributed by atoms with van der Waals surface area (Å²) in [6.45, 7) is 0.616. The number of amides is 1. The van der Waals surface area contributed by atoms with Gasteiger partial charge in [0.2, 0.25) is 0 Å². The molecule has 0 aliphatic heterocycles. The molecule has 3 N–H and O–H groups in total.